The Bertz CT molecular complexity index is 664. The number of aliphatic hydroxyl groups excluding tert-OH is 1. The Labute approximate surface area is 128 Å². The van der Waals surface area contributed by atoms with Crippen LogP contribution in [0.15, 0.2) is 6.07 Å². The maximum atomic E-state index is 12.2. The number of anilines is 1. The fourth-order valence-electron chi connectivity index (χ4n) is 2.32. The summed E-state index contributed by atoms with van der Waals surface area (Å²) in [6.07, 6.45) is 1.07. The van der Waals surface area contributed by atoms with Crippen molar-refractivity contribution in [2.45, 2.75) is 39.7 Å². The van der Waals surface area contributed by atoms with Crippen molar-refractivity contribution in [2.24, 2.45) is 0 Å². The monoisotopic (exact) mass is 307 g/mol. The number of rotatable bonds is 5. The van der Waals surface area contributed by atoms with Crippen molar-refractivity contribution in [1.82, 2.24) is 10.3 Å². The van der Waals surface area contributed by atoms with E-state index in [9.17, 15) is 9.90 Å². The number of nitrogens with zero attached hydrogens (tertiary/aromatic N) is 1. The zero-order chi connectivity index (χ0) is 15.6. The number of aromatic nitrogens is 1. The third-order valence-corrected chi connectivity index (χ3v) is 4.41. The Balaban J connectivity index is 2.16. The highest BCUT2D eigenvalue weighted by atomic mass is 32.1. The van der Waals surface area contributed by atoms with E-state index in [0.29, 0.717) is 23.5 Å². The van der Waals surface area contributed by atoms with Crippen LogP contribution in [0.1, 0.15) is 40.7 Å². The van der Waals surface area contributed by atoms with Gasteiger partial charge in [0.25, 0.3) is 5.91 Å². The average Bonchev–Trinajstić information content (AvgIpc) is 2.71. The van der Waals surface area contributed by atoms with E-state index in [1.54, 1.807) is 6.92 Å². The van der Waals surface area contributed by atoms with Crippen molar-refractivity contribution < 1.29 is 9.90 Å². The molecule has 1 atom stereocenters. The highest BCUT2D eigenvalue weighted by Gasteiger charge is 2.18. The largest absolute Gasteiger partial charge is 0.397 e. The average molecular weight is 307 g/mol. The number of amides is 1. The lowest BCUT2D eigenvalue weighted by atomic mass is 10.1. The van der Waals surface area contributed by atoms with Gasteiger partial charge in [0.15, 0.2) is 0 Å². The summed E-state index contributed by atoms with van der Waals surface area (Å²) in [5.41, 5.74) is 8.58. The molecule has 1 unspecified atom stereocenters. The number of nitrogen functional groups attached to an aromatic ring is 1. The number of carbonyl (C=O) groups is 1. The smallest absolute Gasteiger partial charge is 0.263 e. The molecule has 4 N–H and O–H groups in total. The molecule has 0 radical (unpaired) electrons. The van der Waals surface area contributed by atoms with Gasteiger partial charge < -0.3 is 16.2 Å². The molecule has 0 bridgehead atoms. The van der Waals surface area contributed by atoms with Gasteiger partial charge in [0.05, 0.1) is 11.8 Å². The van der Waals surface area contributed by atoms with Crippen molar-refractivity contribution in [3.05, 3.63) is 22.2 Å². The number of hydrogen-bond acceptors (Lipinski definition) is 5. The van der Waals surface area contributed by atoms with Gasteiger partial charge in [0.2, 0.25) is 0 Å². The highest BCUT2D eigenvalue weighted by Crippen LogP contribution is 2.34. The molecular formula is C15H21N3O2S. The number of carbonyl (C=O) groups excluding carboxylic acids is 1. The van der Waals surface area contributed by atoms with E-state index in [-0.39, 0.29) is 12.0 Å². The summed E-state index contributed by atoms with van der Waals surface area (Å²) < 4.78 is 0. The van der Waals surface area contributed by atoms with Crippen molar-refractivity contribution in [2.75, 3.05) is 12.3 Å². The number of nitrogens with one attached hydrogen (secondary N) is 1. The van der Waals surface area contributed by atoms with Crippen LogP contribution in [0.4, 0.5) is 5.69 Å². The predicted molar refractivity (Wildman–Crippen MR) is 86.8 cm³/mol. The first-order chi connectivity index (χ1) is 9.90. The van der Waals surface area contributed by atoms with Gasteiger partial charge >= 0.3 is 0 Å². The summed E-state index contributed by atoms with van der Waals surface area (Å²) in [7, 11) is 0. The molecule has 0 saturated heterocycles. The Hall–Kier alpha value is -1.66. The molecule has 0 aliphatic carbocycles. The van der Waals surface area contributed by atoms with E-state index in [4.69, 9.17) is 5.73 Å². The van der Waals surface area contributed by atoms with Gasteiger partial charge in [0.1, 0.15) is 9.71 Å². The van der Waals surface area contributed by atoms with Crippen LogP contribution in [0.25, 0.3) is 10.2 Å². The first-order valence-electron chi connectivity index (χ1n) is 7.02. The number of hydrogen-bond donors (Lipinski definition) is 3. The molecule has 5 nitrogen and oxygen atoms in total. The standard InChI is InChI=1S/C15H21N3O2S/c1-8-7-9(2)18-15-11(8)12(16)13(21-15)14(20)17-6-4-5-10(3)19/h7,10,19H,4-6,16H2,1-3H3,(H,17,20). The van der Waals surface area contributed by atoms with E-state index >= 15 is 0 Å². The minimum atomic E-state index is -0.342. The van der Waals surface area contributed by atoms with Crippen molar-refractivity contribution in [3.63, 3.8) is 0 Å². The predicted octanol–water partition coefficient (Wildman–Crippen LogP) is 2.39. The Morgan fingerprint density at radius 3 is 2.90 bits per heavy atom. The second-order valence-electron chi connectivity index (χ2n) is 5.35. The summed E-state index contributed by atoms with van der Waals surface area (Å²) >= 11 is 1.33. The van der Waals surface area contributed by atoms with Gasteiger partial charge in [-0.25, -0.2) is 4.98 Å². The van der Waals surface area contributed by atoms with E-state index < -0.39 is 0 Å². The number of fused-ring (bicyclic) bond motifs is 1. The normalized spacial score (nSPS) is 12.6. The van der Waals surface area contributed by atoms with E-state index in [1.165, 1.54) is 11.3 Å². The van der Waals surface area contributed by atoms with Crippen LogP contribution in [0.2, 0.25) is 0 Å². The van der Waals surface area contributed by atoms with Crippen LogP contribution in [0.3, 0.4) is 0 Å². The van der Waals surface area contributed by atoms with Crippen LogP contribution >= 0.6 is 11.3 Å². The van der Waals surface area contributed by atoms with Crippen LogP contribution in [-0.2, 0) is 0 Å². The lowest BCUT2D eigenvalue weighted by molar-refractivity contribution is 0.0954. The lowest BCUT2D eigenvalue weighted by Gasteiger charge is -2.06. The fraction of sp³-hybridized carbons (Fsp3) is 0.467. The van der Waals surface area contributed by atoms with Crippen LogP contribution < -0.4 is 11.1 Å². The molecule has 0 spiro atoms. The topological polar surface area (TPSA) is 88.2 Å². The SMILES string of the molecule is Cc1cc(C)c2c(N)c(C(=O)NCCCC(C)O)sc2n1. The quantitative estimate of drug-likeness (QED) is 0.740. The number of aryl methyl sites for hydroxylation is 2. The van der Waals surface area contributed by atoms with Gasteiger partial charge in [-0.1, -0.05) is 0 Å². The number of pyridine rings is 1. The Morgan fingerprint density at radius 1 is 1.52 bits per heavy atom. The molecule has 2 aromatic heterocycles. The van der Waals surface area contributed by atoms with E-state index in [2.05, 4.69) is 10.3 Å². The summed E-state index contributed by atoms with van der Waals surface area (Å²) in [6.45, 7) is 6.17. The molecule has 21 heavy (non-hydrogen) atoms. The summed E-state index contributed by atoms with van der Waals surface area (Å²) in [5.74, 6) is -0.168. The summed E-state index contributed by atoms with van der Waals surface area (Å²) in [4.78, 5) is 18.0. The molecule has 0 fully saturated rings. The number of aliphatic hydroxyl groups is 1. The van der Waals surface area contributed by atoms with Gasteiger partial charge in [-0.2, -0.15) is 0 Å². The lowest BCUT2D eigenvalue weighted by Crippen LogP contribution is -2.24. The zero-order valence-corrected chi connectivity index (χ0v) is 13.4. The molecule has 114 valence electrons. The van der Waals surface area contributed by atoms with Crippen molar-refractivity contribution >= 4 is 33.1 Å². The van der Waals surface area contributed by atoms with Crippen molar-refractivity contribution in [1.29, 1.82) is 0 Å². The minimum Gasteiger partial charge on any atom is -0.397 e. The number of nitrogens with two attached hydrogens (primary N) is 1. The second-order valence-corrected chi connectivity index (χ2v) is 6.35. The van der Waals surface area contributed by atoms with Crippen molar-refractivity contribution in [3.8, 4) is 0 Å². The Morgan fingerprint density at radius 2 is 2.24 bits per heavy atom. The van der Waals surface area contributed by atoms with Crippen LogP contribution in [-0.4, -0.2) is 28.6 Å². The van der Waals surface area contributed by atoms with Gasteiger partial charge in [-0.05, 0) is 45.2 Å². The van der Waals surface area contributed by atoms with E-state index in [0.717, 1.165) is 27.9 Å². The maximum absolute atomic E-state index is 12.2. The molecule has 2 rings (SSSR count). The highest BCUT2D eigenvalue weighted by molar-refractivity contribution is 7.21. The molecule has 0 saturated carbocycles. The second kappa shape index (κ2) is 6.41. The first-order valence-corrected chi connectivity index (χ1v) is 7.84. The molecule has 2 heterocycles. The number of thiophene rings is 1. The van der Waals surface area contributed by atoms with Crippen LogP contribution in [0.5, 0.6) is 0 Å². The molecule has 0 aliphatic rings. The van der Waals surface area contributed by atoms with Crippen LogP contribution in [0, 0.1) is 13.8 Å². The third-order valence-electron chi connectivity index (χ3n) is 3.31. The Kier molecular flexibility index (Phi) is 4.80. The fourth-order valence-corrected chi connectivity index (χ4v) is 3.45. The maximum Gasteiger partial charge on any atom is 0.263 e. The summed E-state index contributed by atoms with van der Waals surface area (Å²) in [6, 6.07) is 1.97. The van der Waals surface area contributed by atoms with Gasteiger partial charge in [0, 0.05) is 17.6 Å². The molecule has 2 aromatic rings. The van der Waals surface area contributed by atoms with Gasteiger partial charge in [-0.3, -0.25) is 4.79 Å². The van der Waals surface area contributed by atoms with Gasteiger partial charge in [-0.15, -0.1) is 11.3 Å². The molecule has 0 aromatic carbocycles. The minimum absolute atomic E-state index is 0.168. The summed E-state index contributed by atoms with van der Waals surface area (Å²) in [5, 5.41) is 12.9. The molecule has 1 amide bonds. The molecule has 0 aliphatic heterocycles. The molecular weight excluding hydrogens is 286 g/mol. The first kappa shape index (κ1) is 15.7. The van der Waals surface area contributed by atoms with E-state index in [1.807, 2.05) is 19.9 Å². The zero-order valence-electron chi connectivity index (χ0n) is 12.6. The molecule has 6 heteroatoms. The third kappa shape index (κ3) is 3.51.